The van der Waals surface area contributed by atoms with Crippen LogP contribution in [0.4, 0.5) is 5.13 Å². The number of fused-ring (bicyclic) bond motifs is 1. The predicted molar refractivity (Wildman–Crippen MR) is 86.8 cm³/mol. The molecular formula is C16H27N3S. The molecule has 0 radical (unpaired) electrons. The molecule has 4 heteroatoms. The van der Waals surface area contributed by atoms with Crippen LogP contribution < -0.4 is 10.2 Å². The lowest BCUT2D eigenvalue weighted by Crippen LogP contribution is -2.43. The highest BCUT2D eigenvalue weighted by atomic mass is 32.1. The Hall–Kier alpha value is -0.610. The van der Waals surface area contributed by atoms with Crippen molar-refractivity contribution >= 4 is 16.5 Å². The lowest BCUT2D eigenvalue weighted by Gasteiger charge is -2.35. The van der Waals surface area contributed by atoms with Crippen LogP contribution >= 0.6 is 11.3 Å². The molecule has 1 N–H and O–H groups in total. The average Bonchev–Trinajstić information content (AvgIpc) is 2.91. The van der Waals surface area contributed by atoms with Crippen LogP contribution in [0.25, 0.3) is 0 Å². The molecule has 3 nitrogen and oxygen atoms in total. The number of hydrogen-bond acceptors (Lipinski definition) is 4. The van der Waals surface area contributed by atoms with Gasteiger partial charge >= 0.3 is 0 Å². The largest absolute Gasteiger partial charge is 0.346 e. The minimum Gasteiger partial charge on any atom is -0.346 e. The van der Waals surface area contributed by atoms with Gasteiger partial charge in [0.25, 0.3) is 0 Å². The van der Waals surface area contributed by atoms with Crippen molar-refractivity contribution in [3.05, 3.63) is 10.6 Å². The second-order valence-electron chi connectivity index (χ2n) is 6.89. The number of hydrogen-bond donors (Lipinski definition) is 1. The first-order valence-corrected chi connectivity index (χ1v) is 8.86. The molecule has 0 saturated carbocycles. The Bertz CT molecular complexity index is 460. The van der Waals surface area contributed by atoms with E-state index in [-0.39, 0.29) is 0 Å². The summed E-state index contributed by atoms with van der Waals surface area (Å²) < 4.78 is 0. The number of aromatic nitrogens is 1. The topological polar surface area (TPSA) is 28.2 Å². The van der Waals surface area contributed by atoms with Gasteiger partial charge in [0, 0.05) is 31.1 Å². The van der Waals surface area contributed by atoms with Gasteiger partial charge in [-0.05, 0) is 30.6 Å². The van der Waals surface area contributed by atoms with E-state index in [1.165, 1.54) is 36.5 Å². The van der Waals surface area contributed by atoms with Crippen molar-refractivity contribution in [2.24, 2.45) is 11.3 Å². The molecule has 0 spiro atoms. The van der Waals surface area contributed by atoms with Gasteiger partial charge in [0.1, 0.15) is 0 Å². The standard InChI is InChI=1S/C16H27N3S/c1-4-16(2,3)12-5-6-13-14(11-12)20-15(18-13)19-9-7-17-8-10-19/h12,17H,4-11H2,1-3H3. The second kappa shape index (κ2) is 5.64. The number of nitrogens with one attached hydrogen (secondary N) is 1. The molecule has 0 bridgehead atoms. The first kappa shape index (κ1) is 14.3. The average molecular weight is 293 g/mol. The molecule has 2 heterocycles. The molecule has 1 aliphatic carbocycles. The Balaban J connectivity index is 1.75. The first-order chi connectivity index (χ1) is 9.60. The van der Waals surface area contributed by atoms with Crippen LogP contribution in [0.1, 0.15) is 44.2 Å². The van der Waals surface area contributed by atoms with E-state index in [1.807, 2.05) is 11.3 Å². The number of thiazole rings is 1. The van der Waals surface area contributed by atoms with Gasteiger partial charge in [-0.15, -0.1) is 11.3 Å². The molecule has 1 fully saturated rings. The summed E-state index contributed by atoms with van der Waals surface area (Å²) in [6.07, 6.45) is 5.03. The monoisotopic (exact) mass is 293 g/mol. The summed E-state index contributed by atoms with van der Waals surface area (Å²) in [5.41, 5.74) is 1.86. The summed E-state index contributed by atoms with van der Waals surface area (Å²) in [5.74, 6) is 0.830. The fourth-order valence-corrected chi connectivity index (χ4v) is 4.55. The lowest BCUT2D eigenvalue weighted by molar-refractivity contribution is 0.183. The SMILES string of the molecule is CCC(C)(C)C1CCc2nc(N3CCNCC3)sc2C1. The molecule has 20 heavy (non-hydrogen) atoms. The minimum absolute atomic E-state index is 0.469. The summed E-state index contributed by atoms with van der Waals surface area (Å²) >= 11 is 1.96. The summed E-state index contributed by atoms with van der Waals surface area (Å²) in [6, 6.07) is 0. The lowest BCUT2D eigenvalue weighted by atomic mass is 9.70. The van der Waals surface area contributed by atoms with E-state index in [4.69, 9.17) is 4.98 Å². The molecule has 2 aliphatic rings. The molecule has 1 unspecified atom stereocenters. The van der Waals surface area contributed by atoms with E-state index < -0.39 is 0 Å². The maximum atomic E-state index is 4.93. The van der Waals surface area contributed by atoms with E-state index in [0.29, 0.717) is 5.41 Å². The van der Waals surface area contributed by atoms with Crippen LogP contribution in [0.5, 0.6) is 0 Å². The Kier molecular flexibility index (Phi) is 4.04. The molecule has 0 amide bonds. The zero-order valence-electron chi connectivity index (χ0n) is 13.0. The quantitative estimate of drug-likeness (QED) is 0.928. The fraction of sp³-hybridized carbons (Fsp3) is 0.812. The number of anilines is 1. The highest BCUT2D eigenvalue weighted by Crippen LogP contribution is 2.42. The van der Waals surface area contributed by atoms with Gasteiger partial charge in [0.2, 0.25) is 0 Å². The van der Waals surface area contributed by atoms with Crippen molar-refractivity contribution in [2.75, 3.05) is 31.1 Å². The Morgan fingerprint density at radius 3 is 2.80 bits per heavy atom. The summed E-state index contributed by atoms with van der Waals surface area (Å²) in [7, 11) is 0. The maximum absolute atomic E-state index is 4.93. The van der Waals surface area contributed by atoms with Crippen LogP contribution in [-0.2, 0) is 12.8 Å². The van der Waals surface area contributed by atoms with Gasteiger partial charge in [-0.2, -0.15) is 0 Å². The molecule has 1 atom stereocenters. The van der Waals surface area contributed by atoms with Crippen LogP contribution in [0, 0.1) is 11.3 Å². The predicted octanol–water partition coefficient (Wildman–Crippen LogP) is 3.09. The van der Waals surface area contributed by atoms with Crippen LogP contribution in [0.15, 0.2) is 0 Å². The van der Waals surface area contributed by atoms with Gasteiger partial charge in [-0.25, -0.2) is 4.98 Å². The van der Waals surface area contributed by atoms with Gasteiger partial charge in [0.15, 0.2) is 5.13 Å². The highest BCUT2D eigenvalue weighted by molar-refractivity contribution is 7.15. The van der Waals surface area contributed by atoms with E-state index in [0.717, 1.165) is 32.1 Å². The normalized spacial score (nSPS) is 23.8. The molecule has 0 aromatic carbocycles. The Morgan fingerprint density at radius 1 is 1.35 bits per heavy atom. The summed E-state index contributed by atoms with van der Waals surface area (Å²) in [6.45, 7) is 11.6. The molecule has 1 saturated heterocycles. The molecule has 1 aromatic heterocycles. The van der Waals surface area contributed by atoms with E-state index in [1.54, 1.807) is 4.88 Å². The molecule has 1 aliphatic heterocycles. The van der Waals surface area contributed by atoms with Crippen molar-refractivity contribution in [1.82, 2.24) is 10.3 Å². The minimum atomic E-state index is 0.469. The number of rotatable bonds is 3. The van der Waals surface area contributed by atoms with Gasteiger partial charge in [0.05, 0.1) is 5.69 Å². The smallest absolute Gasteiger partial charge is 0.185 e. The number of piperazine rings is 1. The van der Waals surface area contributed by atoms with Crippen molar-refractivity contribution in [3.8, 4) is 0 Å². The zero-order valence-corrected chi connectivity index (χ0v) is 13.9. The number of aryl methyl sites for hydroxylation is 1. The molecule has 112 valence electrons. The third kappa shape index (κ3) is 2.73. The van der Waals surface area contributed by atoms with E-state index >= 15 is 0 Å². The summed E-state index contributed by atoms with van der Waals surface area (Å²) in [4.78, 5) is 8.96. The van der Waals surface area contributed by atoms with Crippen molar-refractivity contribution in [3.63, 3.8) is 0 Å². The van der Waals surface area contributed by atoms with E-state index in [2.05, 4.69) is 31.0 Å². The maximum Gasteiger partial charge on any atom is 0.185 e. The zero-order chi connectivity index (χ0) is 14.2. The molecule has 1 aromatic rings. The van der Waals surface area contributed by atoms with Crippen molar-refractivity contribution < 1.29 is 0 Å². The van der Waals surface area contributed by atoms with Crippen molar-refractivity contribution in [2.45, 2.75) is 46.5 Å². The number of nitrogens with zero attached hydrogens (tertiary/aromatic N) is 2. The van der Waals surface area contributed by atoms with Crippen LogP contribution in [0.2, 0.25) is 0 Å². The van der Waals surface area contributed by atoms with Crippen LogP contribution in [0.3, 0.4) is 0 Å². The summed E-state index contributed by atoms with van der Waals surface area (Å²) in [5, 5.41) is 4.69. The first-order valence-electron chi connectivity index (χ1n) is 8.04. The molecule has 3 rings (SSSR count). The Labute approximate surface area is 126 Å². The van der Waals surface area contributed by atoms with Gasteiger partial charge < -0.3 is 10.2 Å². The third-order valence-corrected chi connectivity index (χ3v) is 6.51. The Morgan fingerprint density at radius 2 is 2.10 bits per heavy atom. The fourth-order valence-electron chi connectivity index (χ4n) is 3.31. The van der Waals surface area contributed by atoms with E-state index in [9.17, 15) is 0 Å². The van der Waals surface area contributed by atoms with Gasteiger partial charge in [-0.3, -0.25) is 0 Å². The van der Waals surface area contributed by atoms with Gasteiger partial charge in [-0.1, -0.05) is 27.2 Å². The molecular weight excluding hydrogens is 266 g/mol. The van der Waals surface area contributed by atoms with Crippen LogP contribution in [-0.4, -0.2) is 31.2 Å². The highest BCUT2D eigenvalue weighted by Gasteiger charge is 2.33. The second-order valence-corrected chi connectivity index (χ2v) is 7.95. The van der Waals surface area contributed by atoms with Crippen molar-refractivity contribution in [1.29, 1.82) is 0 Å². The third-order valence-electron chi connectivity index (χ3n) is 5.33.